The van der Waals surface area contributed by atoms with Gasteiger partial charge in [-0.05, 0) is 29.7 Å². The minimum Gasteiger partial charge on any atom is -0.494 e. The largest absolute Gasteiger partial charge is 0.494 e. The first kappa shape index (κ1) is 16.9. The number of fused-ring (bicyclic) bond motifs is 2. The maximum absolute atomic E-state index is 12.6. The topological polar surface area (TPSA) is 87.5 Å². The minimum absolute atomic E-state index is 0.0275. The summed E-state index contributed by atoms with van der Waals surface area (Å²) < 4.78 is 1.11. The van der Waals surface area contributed by atoms with Crippen molar-refractivity contribution < 1.29 is 5.11 Å². The molecular formula is C23H15N3O3. The molecule has 0 spiro atoms. The monoisotopic (exact) mass is 381 g/mol. The van der Waals surface area contributed by atoms with Crippen LogP contribution in [-0.2, 0) is 0 Å². The average Bonchev–Trinajstić information content (AvgIpc) is 3.14. The van der Waals surface area contributed by atoms with Crippen molar-refractivity contribution in [2.45, 2.75) is 0 Å². The fourth-order valence-corrected chi connectivity index (χ4v) is 3.56. The summed E-state index contributed by atoms with van der Waals surface area (Å²) in [5, 5.41) is 14.3. The summed E-state index contributed by atoms with van der Waals surface area (Å²) in [6.07, 6.45) is 3.30. The molecule has 0 atom stereocenters. The van der Waals surface area contributed by atoms with Gasteiger partial charge in [0.1, 0.15) is 5.56 Å². The zero-order valence-corrected chi connectivity index (χ0v) is 15.2. The van der Waals surface area contributed by atoms with Crippen LogP contribution >= 0.6 is 0 Å². The molecule has 29 heavy (non-hydrogen) atoms. The molecule has 5 rings (SSSR count). The van der Waals surface area contributed by atoms with Gasteiger partial charge in [0.2, 0.25) is 5.88 Å². The summed E-state index contributed by atoms with van der Waals surface area (Å²) in [4.78, 5) is 31.8. The van der Waals surface area contributed by atoms with Crippen LogP contribution in [0.1, 0.15) is 5.56 Å². The Kier molecular flexibility index (Phi) is 3.77. The molecule has 6 nitrogen and oxygen atoms in total. The van der Waals surface area contributed by atoms with Gasteiger partial charge < -0.3 is 5.11 Å². The Hall–Kier alpha value is -4.19. The third-order valence-corrected chi connectivity index (χ3v) is 4.91. The Labute approximate surface area is 164 Å². The summed E-state index contributed by atoms with van der Waals surface area (Å²) >= 11 is 0. The Morgan fingerprint density at radius 1 is 0.931 bits per heavy atom. The van der Waals surface area contributed by atoms with Gasteiger partial charge >= 0.3 is 5.69 Å². The van der Waals surface area contributed by atoms with E-state index in [4.69, 9.17) is 0 Å². The number of hydrogen-bond acceptors (Lipinski definition) is 4. The van der Waals surface area contributed by atoms with Gasteiger partial charge in [-0.2, -0.15) is 0 Å². The molecular weight excluding hydrogens is 366 g/mol. The number of aromatic nitrogens is 2. The van der Waals surface area contributed by atoms with Gasteiger partial charge in [-0.1, -0.05) is 54.6 Å². The highest BCUT2D eigenvalue weighted by Crippen LogP contribution is 2.25. The van der Waals surface area contributed by atoms with Gasteiger partial charge in [0.25, 0.3) is 5.56 Å². The lowest BCUT2D eigenvalue weighted by Crippen LogP contribution is -2.30. The van der Waals surface area contributed by atoms with Gasteiger partial charge in [0.05, 0.1) is 16.7 Å². The number of nitrogens with zero attached hydrogens (tertiary/aromatic N) is 2. The Balaban J connectivity index is 1.76. The third kappa shape index (κ3) is 2.78. The molecule has 2 heterocycles. The molecule has 0 saturated heterocycles. The fraction of sp³-hybridized carbons (Fsp3) is 0. The van der Waals surface area contributed by atoms with Crippen molar-refractivity contribution >= 4 is 22.9 Å². The molecule has 0 fully saturated rings. The number of hydrogen-bond donors (Lipinski definition) is 2. The number of nitrogens with one attached hydrogen (secondary N) is 1. The molecule has 6 heteroatoms. The predicted molar refractivity (Wildman–Crippen MR) is 111 cm³/mol. The summed E-state index contributed by atoms with van der Waals surface area (Å²) in [5.41, 5.74) is -0.398. The van der Waals surface area contributed by atoms with Crippen LogP contribution in [-0.4, -0.2) is 14.7 Å². The maximum atomic E-state index is 12.6. The number of H-pyrrole nitrogens is 1. The molecule has 3 aromatic carbocycles. The molecule has 1 aromatic heterocycles. The van der Waals surface area contributed by atoms with Crippen LogP contribution in [0, 0.1) is 0 Å². The number of para-hydroxylation sites is 1. The summed E-state index contributed by atoms with van der Waals surface area (Å²) in [7, 11) is 0. The highest BCUT2D eigenvalue weighted by Gasteiger charge is 2.16. The third-order valence-electron chi connectivity index (χ3n) is 4.91. The molecule has 4 aromatic rings. The van der Waals surface area contributed by atoms with Crippen LogP contribution in [0.5, 0.6) is 5.88 Å². The van der Waals surface area contributed by atoms with Crippen LogP contribution in [0.25, 0.3) is 28.6 Å². The van der Waals surface area contributed by atoms with E-state index in [1.807, 2.05) is 60.7 Å². The van der Waals surface area contributed by atoms with E-state index in [0.717, 1.165) is 25.9 Å². The number of aromatic amines is 1. The van der Waals surface area contributed by atoms with Crippen LogP contribution in [0.2, 0.25) is 0 Å². The molecule has 0 aliphatic carbocycles. The molecule has 1 aliphatic rings. The van der Waals surface area contributed by atoms with Crippen LogP contribution in [0.3, 0.4) is 0 Å². The van der Waals surface area contributed by atoms with Crippen LogP contribution in [0.15, 0.2) is 87.0 Å². The summed E-state index contributed by atoms with van der Waals surface area (Å²) in [6, 6.07) is 20.5. The average molecular weight is 381 g/mol. The summed E-state index contributed by atoms with van der Waals surface area (Å²) in [5.74, 6) is -0.429. The van der Waals surface area contributed by atoms with Gasteiger partial charge in [-0.3, -0.25) is 9.78 Å². The zero-order valence-electron chi connectivity index (χ0n) is 15.2. The number of allylic oxidation sites excluding steroid dienone is 1. The van der Waals surface area contributed by atoms with E-state index in [0.29, 0.717) is 11.4 Å². The standard InChI is InChI=1S/C23H15N3O3/c27-21-18(13-16-12-15-7-2-4-10-19(15)24-16)22(28)26(23(29)25-21)20-11-5-8-14-6-1-3-9-17(14)20/h1-13,28H,(H,25,27,29). The first-order valence-electron chi connectivity index (χ1n) is 9.05. The van der Waals surface area contributed by atoms with Crippen molar-refractivity contribution in [1.82, 2.24) is 9.55 Å². The van der Waals surface area contributed by atoms with Crippen molar-refractivity contribution in [2.75, 3.05) is 0 Å². The second-order valence-corrected chi connectivity index (χ2v) is 6.71. The lowest BCUT2D eigenvalue weighted by atomic mass is 10.1. The van der Waals surface area contributed by atoms with Crippen molar-refractivity contribution in [3.05, 3.63) is 109 Å². The summed E-state index contributed by atoms with van der Waals surface area (Å²) in [6.45, 7) is 0. The van der Waals surface area contributed by atoms with E-state index < -0.39 is 17.1 Å². The molecule has 0 radical (unpaired) electrons. The first-order chi connectivity index (χ1) is 14.1. The highest BCUT2D eigenvalue weighted by atomic mass is 16.3. The van der Waals surface area contributed by atoms with Crippen LogP contribution in [0.4, 0.5) is 0 Å². The van der Waals surface area contributed by atoms with Gasteiger partial charge in [0, 0.05) is 10.6 Å². The maximum Gasteiger partial charge on any atom is 0.335 e. The Morgan fingerprint density at radius 3 is 2.55 bits per heavy atom. The second kappa shape index (κ2) is 6.45. The Bertz CT molecular complexity index is 1520. The molecule has 0 saturated carbocycles. The SMILES string of the molecule is O=c1[nH]c(=O)n(-c2cccc3ccccc23)c(O)c1C=C1C=c2ccccc2=N1. The molecule has 140 valence electrons. The zero-order chi connectivity index (χ0) is 20.0. The van der Waals surface area contributed by atoms with Gasteiger partial charge in [0.15, 0.2) is 0 Å². The van der Waals surface area contributed by atoms with Crippen molar-refractivity contribution in [2.24, 2.45) is 4.99 Å². The highest BCUT2D eigenvalue weighted by molar-refractivity contribution is 5.90. The van der Waals surface area contributed by atoms with Crippen LogP contribution < -0.4 is 21.8 Å². The lowest BCUT2D eigenvalue weighted by Gasteiger charge is -2.12. The van der Waals surface area contributed by atoms with Crippen molar-refractivity contribution in [3.8, 4) is 11.6 Å². The molecule has 0 amide bonds. The quantitative estimate of drug-likeness (QED) is 0.555. The minimum atomic E-state index is -0.707. The predicted octanol–water partition coefficient (Wildman–Crippen LogP) is 1.84. The first-order valence-corrected chi connectivity index (χ1v) is 9.05. The van der Waals surface area contributed by atoms with Crippen molar-refractivity contribution in [3.63, 3.8) is 0 Å². The van der Waals surface area contributed by atoms with Gasteiger partial charge in [-0.25, -0.2) is 14.4 Å². The molecule has 1 aliphatic heterocycles. The fourth-order valence-electron chi connectivity index (χ4n) is 3.56. The van der Waals surface area contributed by atoms with E-state index >= 15 is 0 Å². The van der Waals surface area contributed by atoms with E-state index in [1.54, 1.807) is 12.1 Å². The van der Waals surface area contributed by atoms with Gasteiger partial charge in [-0.15, -0.1) is 0 Å². The number of rotatable bonds is 2. The van der Waals surface area contributed by atoms with E-state index in [2.05, 4.69) is 9.98 Å². The van der Waals surface area contributed by atoms with E-state index in [1.165, 1.54) is 6.08 Å². The van der Waals surface area contributed by atoms with Crippen molar-refractivity contribution in [1.29, 1.82) is 0 Å². The molecule has 2 N–H and O–H groups in total. The molecule has 0 unspecified atom stereocenters. The second-order valence-electron chi connectivity index (χ2n) is 6.71. The molecule has 0 bridgehead atoms. The smallest absolute Gasteiger partial charge is 0.335 e. The van der Waals surface area contributed by atoms with E-state index in [-0.39, 0.29) is 5.56 Å². The normalized spacial score (nSPS) is 13.9. The Morgan fingerprint density at radius 2 is 1.69 bits per heavy atom. The lowest BCUT2D eigenvalue weighted by molar-refractivity contribution is 0.430. The number of aromatic hydroxyl groups is 1. The van der Waals surface area contributed by atoms with E-state index in [9.17, 15) is 14.7 Å². The number of benzene rings is 3.